The monoisotopic (exact) mass is 625 g/mol. The molecule has 2 aliphatic rings. The molecule has 0 aliphatic carbocycles. The van der Waals surface area contributed by atoms with Crippen LogP contribution in [0.15, 0.2) is 23.0 Å². The number of cyclic esters (lactones) is 1. The van der Waals surface area contributed by atoms with E-state index in [0.29, 0.717) is 23.3 Å². The first-order chi connectivity index (χ1) is 20.1. The molecule has 0 aromatic carbocycles. The topological polar surface area (TPSA) is 124 Å². The summed E-state index contributed by atoms with van der Waals surface area (Å²) in [7, 11) is 5.68. The maximum absolute atomic E-state index is 13.6. The lowest BCUT2D eigenvalue weighted by atomic mass is 9.78. The standard InChI is InChI=1S/C34H59NO9/c1-15-26(36)33(10,39)17-19(2)27(37)20(3)18-34(11,40-14)29(23(6)28-24(7)30(38)44-32(8,9)43-28)42-31-22(5)25(35(12)13)16-21(4)41-31/h17,20-23,25-26,29,31,36,39H,15-16,18H2,1-14H3/b19-17+/t20-,21?,22?,23+,25?,26-,29-,31?,33+,34-/m1/s1. The van der Waals surface area contributed by atoms with Gasteiger partial charge in [0.15, 0.2) is 12.1 Å². The minimum atomic E-state index is -1.54. The van der Waals surface area contributed by atoms with Crippen LogP contribution < -0.4 is 0 Å². The fraction of sp³-hybridized carbons (Fsp3) is 0.824. The Hall–Kier alpha value is -1.82. The van der Waals surface area contributed by atoms with Crippen molar-refractivity contribution >= 4 is 11.8 Å². The Morgan fingerprint density at radius 3 is 2.32 bits per heavy atom. The molecule has 1 saturated heterocycles. The van der Waals surface area contributed by atoms with Crippen LogP contribution >= 0.6 is 0 Å². The first-order valence-corrected chi connectivity index (χ1v) is 15.9. The van der Waals surface area contributed by atoms with Crippen molar-refractivity contribution in [2.45, 2.75) is 143 Å². The maximum Gasteiger partial charge on any atom is 0.340 e. The molecular weight excluding hydrogens is 566 g/mol. The van der Waals surface area contributed by atoms with Crippen molar-refractivity contribution in [3.63, 3.8) is 0 Å². The number of carbonyl (C=O) groups excluding carboxylic acids is 2. The number of hydrogen-bond donors (Lipinski definition) is 2. The highest BCUT2D eigenvalue weighted by Crippen LogP contribution is 2.41. The molecule has 0 saturated carbocycles. The zero-order valence-electron chi connectivity index (χ0n) is 29.5. The third-order valence-electron chi connectivity index (χ3n) is 9.34. The normalized spacial score (nSPS) is 30.0. The average Bonchev–Trinajstić information content (AvgIpc) is 2.92. The van der Waals surface area contributed by atoms with Gasteiger partial charge in [-0.2, -0.15) is 0 Å². The first-order valence-electron chi connectivity index (χ1n) is 15.9. The van der Waals surface area contributed by atoms with Gasteiger partial charge in [-0.25, -0.2) is 4.79 Å². The van der Waals surface area contributed by atoms with Gasteiger partial charge in [0.1, 0.15) is 11.4 Å². The van der Waals surface area contributed by atoms with Crippen molar-refractivity contribution in [1.82, 2.24) is 4.90 Å². The second kappa shape index (κ2) is 14.7. The fourth-order valence-corrected chi connectivity index (χ4v) is 6.68. The number of carbonyl (C=O) groups is 2. The average molecular weight is 626 g/mol. The molecule has 44 heavy (non-hydrogen) atoms. The van der Waals surface area contributed by atoms with Crippen molar-refractivity contribution in [2.75, 3.05) is 21.2 Å². The van der Waals surface area contributed by atoms with E-state index in [-0.39, 0.29) is 30.3 Å². The molecule has 0 radical (unpaired) electrons. The van der Waals surface area contributed by atoms with Crippen LogP contribution in [0, 0.1) is 17.8 Å². The molecule has 254 valence electrons. The van der Waals surface area contributed by atoms with Crippen LogP contribution in [0.25, 0.3) is 0 Å². The Kier molecular flexibility index (Phi) is 12.8. The Morgan fingerprint density at radius 1 is 1.20 bits per heavy atom. The molecule has 0 amide bonds. The summed E-state index contributed by atoms with van der Waals surface area (Å²) in [6.07, 6.45) is 0.548. The smallest absolute Gasteiger partial charge is 0.340 e. The minimum Gasteiger partial charge on any atom is -0.456 e. The van der Waals surface area contributed by atoms with E-state index in [1.165, 1.54) is 13.0 Å². The molecule has 4 unspecified atom stereocenters. The number of aliphatic hydroxyl groups is 2. The van der Waals surface area contributed by atoms with Gasteiger partial charge >= 0.3 is 5.97 Å². The molecule has 0 bridgehead atoms. The van der Waals surface area contributed by atoms with Crippen LogP contribution in [0.2, 0.25) is 0 Å². The number of nitrogens with zero attached hydrogens (tertiary/aromatic N) is 1. The Morgan fingerprint density at radius 2 is 1.80 bits per heavy atom. The van der Waals surface area contributed by atoms with Gasteiger partial charge in [0.05, 0.1) is 29.5 Å². The van der Waals surface area contributed by atoms with Gasteiger partial charge in [0.25, 0.3) is 0 Å². The molecule has 1 fully saturated rings. The van der Waals surface area contributed by atoms with Crippen molar-refractivity contribution in [1.29, 1.82) is 0 Å². The van der Waals surface area contributed by atoms with Crippen molar-refractivity contribution < 1.29 is 43.5 Å². The van der Waals surface area contributed by atoms with E-state index in [9.17, 15) is 19.8 Å². The number of ketones is 1. The molecule has 0 aromatic heterocycles. The predicted octanol–water partition coefficient (Wildman–Crippen LogP) is 4.76. The van der Waals surface area contributed by atoms with E-state index in [2.05, 4.69) is 11.8 Å². The lowest BCUT2D eigenvalue weighted by Crippen LogP contribution is -2.56. The molecule has 0 spiro atoms. The Bertz CT molecular complexity index is 1080. The zero-order chi connectivity index (χ0) is 33.9. The van der Waals surface area contributed by atoms with Gasteiger partial charge in [-0.1, -0.05) is 27.7 Å². The highest BCUT2D eigenvalue weighted by molar-refractivity contribution is 5.96. The number of allylic oxidation sites excluding steroid dienone is 1. The number of Topliss-reactive ketones (excluding diaryl/α,β-unsaturated/α-hetero) is 1. The predicted molar refractivity (Wildman–Crippen MR) is 168 cm³/mol. The zero-order valence-corrected chi connectivity index (χ0v) is 29.5. The molecular formula is C34H59NO9. The summed E-state index contributed by atoms with van der Waals surface area (Å²) in [4.78, 5) is 28.6. The van der Waals surface area contributed by atoms with Crippen molar-refractivity contribution in [3.05, 3.63) is 23.0 Å². The molecule has 10 heteroatoms. The number of methoxy groups -OCH3 is 1. The Labute approximate surface area is 265 Å². The number of esters is 1. The van der Waals surface area contributed by atoms with Gasteiger partial charge < -0.3 is 38.8 Å². The van der Waals surface area contributed by atoms with E-state index in [4.69, 9.17) is 23.7 Å². The maximum atomic E-state index is 13.6. The minimum absolute atomic E-state index is 0.0113. The van der Waals surface area contributed by atoms with Crippen LogP contribution in [0.1, 0.15) is 95.4 Å². The summed E-state index contributed by atoms with van der Waals surface area (Å²) in [5, 5.41) is 21.0. The summed E-state index contributed by atoms with van der Waals surface area (Å²) < 4.78 is 31.2. The second-order valence-corrected chi connectivity index (χ2v) is 14.1. The first kappa shape index (κ1) is 38.4. The van der Waals surface area contributed by atoms with E-state index >= 15 is 0 Å². The largest absolute Gasteiger partial charge is 0.456 e. The molecule has 2 rings (SSSR count). The summed E-state index contributed by atoms with van der Waals surface area (Å²) >= 11 is 0. The second-order valence-electron chi connectivity index (χ2n) is 14.1. The van der Waals surface area contributed by atoms with E-state index < -0.39 is 53.3 Å². The highest BCUT2D eigenvalue weighted by atomic mass is 16.7. The van der Waals surface area contributed by atoms with Gasteiger partial charge in [-0.15, -0.1) is 0 Å². The molecule has 2 aliphatic heterocycles. The van der Waals surface area contributed by atoms with Crippen molar-refractivity contribution in [3.8, 4) is 0 Å². The fourth-order valence-electron chi connectivity index (χ4n) is 6.68. The third-order valence-corrected chi connectivity index (χ3v) is 9.34. The quantitative estimate of drug-likeness (QED) is 0.206. The third kappa shape index (κ3) is 8.91. The van der Waals surface area contributed by atoms with Crippen LogP contribution in [-0.2, 0) is 33.3 Å². The van der Waals surface area contributed by atoms with Gasteiger partial charge in [-0.3, -0.25) is 4.79 Å². The molecule has 10 atom stereocenters. The van der Waals surface area contributed by atoms with Gasteiger partial charge in [0.2, 0.25) is 5.79 Å². The molecule has 10 nitrogen and oxygen atoms in total. The van der Waals surface area contributed by atoms with Gasteiger partial charge in [-0.05, 0) is 79.6 Å². The summed E-state index contributed by atoms with van der Waals surface area (Å²) in [6.45, 7) is 19.7. The van der Waals surface area contributed by atoms with E-state index in [1.807, 2.05) is 41.8 Å². The van der Waals surface area contributed by atoms with Crippen LogP contribution in [0.4, 0.5) is 0 Å². The number of ether oxygens (including phenoxy) is 5. The molecule has 0 aromatic rings. The lowest BCUT2D eigenvalue weighted by Gasteiger charge is -2.48. The van der Waals surface area contributed by atoms with Crippen LogP contribution in [-0.4, -0.2) is 95.7 Å². The summed E-state index contributed by atoms with van der Waals surface area (Å²) in [5.41, 5.74) is -1.89. The summed E-state index contributed by atoms with van der Waals surface area (Å²) in [5.74, 6) is -2.38. The van der Waals surface area contributed by atoms with Crippen molar-refractivity contribution in [2.24, 2.45) is 17.8 Å². The van der Waals surface area contributed by atoms with Crippen LogP contribution in [0.3, 0.4) is 0 Å². The van der Waals surface area contributed by atoms with Crippen LogP contribution in [0.5, 0.6) is 0 Å². The van der Waals surface area contributed by atoms with E-state index in [1.54, 1.807) is 41.7 Å². The highest BCUT2D eigenvalue weighted by Gasteiger charge is 2.49. The van der Waals surface area contributed by atoms with E-state index in [0.717, 1.165) is 6.42 Å². The molecule has 2 N–H and O–H groups in total. The lowest BCUT2D eigenvalue weighted by molar-refractivity contribution is -0.284. The summed E-state index contributed by atoms with van der Waals surface area (Å²) in [6, 6.07) is 0.217. The van der Waals surface area contributed by atoms with Gasteiger partial charge in [0, 0.05) is 44.8 Å². The Balaban J connectivity index is 2.55. The number of aliphatic hydroxyl groups excluding tert-OH is 1. The number of rotatable bonds is 14. The SMILES string of the molecule is CC[C@@H](O)[C@@](C)(O)/C=C(\C)C(=O)[C@H](C)C[C@@](C)(OC)[C@H](OC1OC(C)CC(N(C)C)C1C)[C@@H](C)C1=C(C)C(=O)OC(C)(C)O1. The number of hydrogen-bond acceptors (Lipinski definition) is 10. The molecule has 2 heterocycles.